The van der Waals surface area contributed by atoms with Gasteiger partial charge in [0, 0.05) is 37.8 Å². The van der Waals surface area contributed by atoms with Gasteiger partial charge in [-0.1, -0.05) is 12.8 Å². The van der Waals surface area contributed by atoms with Gasteiger partial charge in [-0.3, -0.25) is 9.80 Å². The molecule has 2 N–H and O–H groups in total. The second-order valence-corrected chi connectivity index (χ2v) is 7.43. The third-order valence-electron chi connectivity index (χ3n) is 6.47. The SMILES string of the molecule is NC1CCCC2CN(C3CCN4CCCCC34)CC12. The molecule has 108 valence electrons. The van der Waals surface area contributed by atoms with E-state index in [1.807, 2.05) is 0 Å². The van der Waals surface area contributed by atoms with Crippen molar-refractivity contribution >= 4 is 0 Å². The first kappa shape index (κ1) is 12.6. The zero-order chi connectivity index (χ0) is 12.8. The Hall–Kier alpha value is -0.120. The van der Waals surface area contributed by atoms with Crippen molar-refractivity contribution in [3.63, 3.8) is 0 Å². The van der Waals surface area contributed by atoms with Crippen LogP contribution in [-0.4, -0.2) is 54.1 Å². The van der Waals surface area contributed by atoms with Crippen LogP contribution in [0.4, 0.5) is 0 Å². The molecule has 4 fully saturated rings. The number of piperidine rings is 1. The predicted octanol–water partition coefficient (Wildman–Crippen LogP) is 1.67. The van der Waals surface area contributed by atoms with Gasteiger partial charge in [0.1, 0.15) is 0 Å². The van der Waals surface area contributed by atoms with Crippen molar-refractivity contribution in [1.82, 2.24) is 9.80 Å². The summed E-state index contributed by atoms with van der Waals surface area (Å²) < 4.78 is 0. The molecule has 0 radical (unpaired) electrons. The van der Waals surface area contributed by atoms with Crippen LogP contribution < -0.4 is 5.73 Å². The molecule has 0 amide bonds. The summed E-state index contributed by atoms with van der Waals surface area (Å²) in [5.74, 6) is 1.73. The van der Waals surface area contributed by atoms with Crippen LogP contribution in [0.25, 0.3) is 0 Å². The summed E-state index contributed by atoms with van der Waals surface area (Å²) in [5, 5.41) is 0. The second kappa shape index (κ2) is 5.01. The van der Waals surface area contributed by atoms with Gasteiger partial charge in [0.15, 0.2) is 0 Å². The molecule has 19 heavy (non-hydrogen) atoms. The van der Waals surface area contributed by atoms with E-state index in [1.165, 1.54) is 71.1 Å². The molecule has 0 aromatic carbocycles. The van der Waals surface area contributed by atoms with E-state index in [4.69, 9.17) is 5.73 Å². The molecule has 0 spiro atoms. The van der Waals surface area contributed by atoms with E-state index in [2.05, 4.69) is 9.80 Å². The fraction of sp³-hybridized carbons (Fsp3) is 1.00. The molecule has 3 heterocycles. The van der Waals surface area contributed by atoms with Crippen LogP contribution in [0, 0.1) is 11.8 Å². The van der Waals surface area contributed by atoms with Crippen molar-refractivity contribution in [2.75, 3.05) is 26.2 Å². The Balaban J connectivity index is 1.45. The molecule has 4 aliphatic rings. The third-order valence-corrected chi connectivity index (χ3v) is 6.47. The van der Waals surface area contributed by atoms with Crippen LogP contribution in [0.5, 0.6) is 0 Å². The van der Waals surface area contributed by atoms with Gasteiger partial charge in [0.2, 0.25) is 0 Å². The molecule has 0 aromatic heterocycles. The summed E-state index contributed by atoms with van der Waals surface area (Å²) >= 11 is 0. The normalized spacial score (nSPS) is 48.2. The Morgan fingerprint density at radius 3 is 2.53 bits per heavy atom. The molecule has 1 aliphatic carbocycles. The van der Waals surface area contributed by atoms with Gasteiger partial charge >= 0.3 is 0 Å². The smallest absolute Gasteiger partial charge is 0.0263 e. The van der Waals surface area contributed by atoms with Crippen molar-refractivity contribution in [3.8, 4) is 0 Å². The highest BCUT2D eigenvalue weighted by Gasteiger charge is 2.45. The molecule has 3 aliphatic heterocycles. The van der Waals surface area contributed by atoms with Crippen LogP contribution in [0.3, 0.4) is 0 Å². The maximum absolute atomic E-state index is 6.38. The van der Waals surface area contributed by atoms with E-state index in [0.29, 0.717) is 6.04 Å². The number of nitrogens with zero attached hydrogens (tertiary/aromatic N) is 2. The van der Waals surface area contributed by atoms with Crippen molar-refractivity contribution in [2.24, 2.45) is 17.6 Å². The van der Waals surface area contributed by atoms with Crippen molar-refractivity contribution in [3.05, 3.63) is 0 Å². The number of hydrogen-bond donors (Lipinski definition) is 1. The largest absolute Gasteiger partial charge is 0.327 e. The predicted molar refractivity (Wildman–Crippen MR) is 78.0 cm³/mol. The van der Waals surface area contributed by atoms with Gasteiger partial charge in [0.25, 0.3) is 0 Å². The molecule has 0 bridgehead atoms. The Labute approximate surface area is 117 Å². The molecule has 5 unspecified atom stereocenters. The van der Waals surface area contributed by atoms with Crippen molar-refractivity contribution < 1.29 is 0 Å². The zero-order valence-electron chi connectivity index (χ0n) is 12.1. The highest BCUT2D eigenvalue weighted by Crippen LogP contribution is 2.39. The van der Waals surface area contributed by atoms with Crippen LogP contribution in [0.2, 0.25) is 0 Å². The lowest BCUT2D eigenvalue weighted by Gasteiger charge is -2.36. The summed E-state index contributed by atoms with van der Waals surface area (Å²) in [6.45, 7) is 5.38. The summed E-state index contributed by atoms with van der Waals surface area (Å²) in [5.41, 5.74) is 6.38. The van der Waals surface area contributed by atoms with E-state index in [-0.39, 0.29) is 0 Å². The molecule has 4 rings (SSSR count). The third kappa shape index (κ3) is 2.14. The second-order valence-electron chi connectivity index (χ2n) is 7.43. The first-order valence-electron chi connectivity index (χ1n) is 8.56. The van der Waals surface area contributed by atoms with Gasteiger partial charge in [-0.25, -0.2) is 0 Å². The maximum atomic E-state index is 6.38. The maximum Gasteiger partial charge on any atom is 0.0263 e. The summed E-state index contributed by atoms with van der Waals surface area (Å²) in [6.07, 6.45) is 9.83. The molecule has 3 saturated heterocycles. The number of likely N-dealkylation sites (tertiary alicyclic amines) is 1. The van der Waals surface area contributed by atoms with Crippen molar-refractivity contribution in [2.45, 2.75) is 63.1 Å². The molecular weight excluding hydrogens is 234 g/mol. The minimum Gasteiger partial charge on any atom is -0.327 e. The van der Waals surface area contributed by atoms with E-state index >= 15 is 0 Å². The number of rotatable bonds is 1. The summed E-state index contributed by atoms with van der Waals surface area (Å²) in [6, 6.07) is 2.23. The topological polar surface area (TPSA) is 32.5 Å². The molecule has 3 heteroatoms. The van der Waals surface area contributed by atoms with Crippen LogP contribution in [0.15, 0.2) is 0 Å². The lowest BCUT2D eigenvalue weighted by molar-refractivity contribution is 0.126. The van der Waals surface area contributed by atoms with E-state index in [9.17, 15) is 0 Å². The zero-order valence-corrected chi connectivity index (χ0v) is 12.1. The first-order chi connectivity index (χ1) is 9.33. The van der Waals surface area contributed by atoms with Crippen molar-refractivity contribution in [1.29, 1.82) is 0 Å². The quantitative estimate of drug-likeness (QED) is 0.781. The minimum atomic E-state index is 0.493. The Kier molecular flexibility index (Phi) is 3.33. The number of fused-ring (bicyclic) bond motifs is 2. The van der Waals surface area contributed by atoms with E-state index in [0.717, 1.165) is 23.9 Å². The lowest BCUT2D eigenvalue weighted by Crippen LogP contribution is -2.46. The molecule has 3 nitrogen and oxygen atoms in total. The monoisotopic (exact) mass is 263 g/mol. The average molecular weight is 263 g/mol. The van der Waals surface area contributed by atoms with Gasteiger partial charge in [-0.2, -0.15) is 0 Å². The van der Waals surface area contributed by atoms with E-state index in [1.54, 1.807) is 0 Å². The van der Waals surface area contributed by atoms with E-state index < -0.39 is 0 Å². The van der Waals surface area contributed by atoms with Crippen LogP contribution >= 0.6 is 0 Å². The molecular formula is C16H29N3. The lowest BCUT2D eigenvalue weighted by atomic mass is 9.78. The first-order valence-corrected chi connectivity index (χ1v) is 8.56. The summed E-state index contributed by atoms with van der Waals surface area (Å²) in [4.78, 5) is 5.62. The Morgan fingerprint density at radius 1 is 0.737 bits per heavy atom. The van der Waals surface area contributed by atoms with Gasteiger partial charge in [-0.15, -0.1) is 0 Å². The summed E-state index contributed by atoms with van der Waals surface area (Å²) in [7, 11) is 0. The molecule has 0 aromatic rings. The molecule has 1 saturated carbocycles. The van der Waals surface area contributed by atoms with Crippen LogP contribution in [0.1, 0.15) is 44.9 Å². The van der Waals surface area contributed by atoms with Gasteiger partial charge in [0.05, 0.1) is 0 Å². The molecule has 5 atom stereocenters. The average Bonchev–Trinajstić information content (AvgIpc) is 3.02. The highest BCUT2D eigenvalue weighted by atomic mass is 15.3. The van der Waals surface area contributed by atoms with Crippen LogP contribution in [-0.2, 0) is 0 Å². The Morgan fingerprint density at radius 2 is 1.63 bits per heavy atom. The fourth-order valence-electron chi connectivity index (χ4n) is 5.47. The highest BCUT2D eigenvalue weighted by molar-refractivity contribution is 5.01. The number of nitrogens with two attached hydrogens (primary N) is 1. The minimum absolute atomic E-state index is 0.493. The Bertz CT molecular complexity index is 332. The number of hydrogen-bond acceptors (Lipinski definition) is 3. The van der Waals surface area contributed by atoms with Gasteiger partial charge in [-0.05, 0) is 50.5 Å². The van der Waals surface area contributed by atoms with Gasteiger partial charge < -0.3 is 5.73 Å². The fourth-order valence-corrected chi connectivity index (χ4v) is 5.47. The standard InChI is InChI=1S/C16H29N3/c17-14-5-3-4-12-10-19(11-13(12)14)16-7-9-18-8-2-1-6-15(16)18/h12-16H,1-11,17H2.